The number of piperidine rings is 1. The SMILES string of the molecule is CC(C)(C)OC(=O)NC1CCCCN1c1cccc(F)c1[N+](=O)[O-]. The molecule has 1 amide bonds. The Balaban J connectivity index is 2.26. The van der Waals surface area contributed by atoms with Crippen LogP contribution in [0.1, 0.15) is 40.0 Å². The molecule has 7 nitrogen and oxygen atoms in total. The smallest absolute Gasteiger partial charge is 0.409 e. The van der Waals surface area contributed by atoms with E-state index in [4.69, 9.17) is 4.74 Å². The van der Waals surface area contributed by atoms with Crippen LogP contribution in [0.2, 0.25) is 0 Å². The Hall–Kier alpha value is -2.38. The van der Waals surface area contributed by atoms with Gasteiger partial charge in [-0.25, -0.2) is 4.79 Å². The number of nitrogens with one attached hydrogen (secondary N) is 1. The van der Waals surface area contributed by atoms with Gasteiger partial charge < -0.3 is 15.0 Å². The van der Waals surface area contributed by atoms with E-state index in [9.17, 15) is 19.3 Å². The van der Waals surface area contributed by atoms with Crippen LogP contribution < -0.4 is 10.2 Å². The predicted octanol–water partition coefficient (Wildman–Crippen LogP) is 3.58. The third-order valence-electron chi connectivity index (χ3n) is 3.64. The van der Waals surface area contributed by atoms with Crippen molar-refractivity contribution in [1.82, 2.24) is 5.32 Å². The van der Waals surface area contributed by atoms with Gasteiger partial charge in [-0.1, -0.05) is 6.07 Å². The van der Waals surface area contributed by atoms with Gasteiger partial charge in [-0.05, 0) is 52.2 Å². The quantitative estimate of drug-likeness (QED) is 0.672. The number of nitro benzene ring substituents is 1. The maximum atomic E-state index is 13.9. The van der Waals surface area contributed by atoms with Crippen LogP contribution in [-0.2, 0) is 4.74 Å². The summed E-state index contributed by atoms with van der Waals surface area (Å²) in [5, 5.41) is 14.0. The number of carbonyl (C=O) groups is 1. The van der Waals surface area contributed by atoms with Crippen molar-refractivity contribution in [3.05, 3.63) is 34.1 Å². The van der Waals surface area contributed by atoms with Crippen molar-refractivity contribution in [2.45, 2.75) is 51.8 Å². The second-order valence-corrected chi connectivity index (χ2v) is 6.72. The first kappa shape index (κ1) is 18.0. The number of nitro groups is 1. The lowest BCUT2D eigenvalue weighted by molar-refractivity contribution is -0.386. The molecule has 1 aromatic rings. The van der Waals surface area contributed by atoms with E-state index in [0.717, 1.165) is 18.9 Å². The van der Waals surface area contributed by atoms with Gasteiger partial charge >= 0.3 is 11.8 Å². The molecule has 0 spiro atoms. The zero-order valence-electron chi connectivity index (χ0n) is 14.0. The highest BCUT2D eigenvalue weighted by atomic mass is 19.1. The second-order valence-electron chi connectivity index (χ2n) is 6.72. The standard InChI is InChI=1S/C16H22FN3O4/c1-16(2,3)24-15(21)18-13-9-4-5-10-19(13)12-8-6-7-11(17)14(12)20(22)23/h6-8,13H,4-5,9-10H2,1-3H3,(H,18,21). The van der Waals surface area contributed by atoms with E-state index in [1.807, 2.05) is 0 Å². The average molecular weight is 339 g/mol. The first-order chi connectivity index (χ1) is 11.2. The summed E-state index contributed by atoms with van der Waals surface area (Å²) in [6, 6.07) is 3.98. The molecule has 1 unspecified atom stereocenters. The largest absolute Gasteiger partial charge is 0.444 e. The number of benzene rings is 1. The van der Waals surface area contributed by atoms with Crippen LogP contribution >= 0.6 is 0 Å². The number of halogens is 1. The number of para-hydroxylation sites is 1. The fourth-order valence-corrected chi connectivity index (χ4v) is 2.73. The highest BCUT2D eigenvalue weighted by Gasteiger charge is 2.32. The Labute approximate surface area is 139 Å². The number of alkyl carbamates (subject to hydrolysis) is 1. The molecular formula is C16H22FN3O4. The number of hydrogen-bond donors (Lipinski definition) is 1. The minimum Gasteiger partial charge on any atom is -0.444 e. The lowest BCUT2D eigenvalue weighted by Crippen LogP contribution is -2.52. The summed E-state index contributed by atoms with van der Waals surface area (Å²) >= 11 is 0. The number of ether oxygens (including phenoxy) is 1. The van der Waals surface area contributed by atoms with Crippen LogP contribution in [0.15, 0.2) is 18.2 Å². The fraction of sp³-hybridized carbons (Fsp3) is 0.562. The molecule has 1 atom stereocenters. The van der Waals surface area contributed by atoms with Gasteiger partial charge in [-0.15, -0.1) is 0 Å². The number of anilines is 1. The third kappa shape index (κ3) is 4.33. The number of hydrogen-bond acceptors (Lipinski definition) is 5. The summed E-state index contributed by atoms with van der Waals surface area (Å²) in [4.78, 5) is 24.2. The van der Waals surface area contributed by atoms with Gasteiger partial charge in [0.25, 0.3) is 0 Å². The number of nitrogens with zero attached hydrogens (tertiary/aromatic N) is 2. The maximum absolute atomic E-state index is 13.9. The Bertz CT molecular complexity index is 630. The molecule has 1 saturated heterocycles. The Kier molecular flexibility index (Phi) is 5.26. The lowest BCUT2D eigenvalue weighted by atomic mass is 10.1. The molecule has 1 aliphatic rings. The van der Waals surface area contributed by atoms with Crippen molar-refractivity contribution in [2.75, 3.05) is 11.4 Å². The zero-order valence-corrected chi connectivity index (χ0v) is 14.0. The molecule has 1 aromatic carbocycles. The summed E-state index contributed by atoms with van der Waals surface area (Å²) < 4.78 is 19.1. The van der Waals surface area contributed by atoms with E-state index in [0.29, 0.717) is 13.0 Å². The van der Waals surface area contributed by atoms with Crippen LogP contribution in [-0.4, -0.2) is 29.3 Å². The van der Waals surface area contributed by atoms with Crippen LogP contribution in [0.5, 0.6) is 0 Å². The average Bonchev–Trinajstić information content (AvgIpc) is 2.45. The second kappa shape index (κ2) is 7.02. The van der Waals surface area contributed by atoms with Crippen LogP contribution in [0, 0.1) is 15.9 Å². The Morgan fingerprint density at radius 2 is 2.12 bits per heavy atom. The predicted molar refractivity (Wildman–Crippen MR) is 87.4 cm³/mol. The molecule has 0 aliphatic carbocycles. The van der Waals surface area contributed by atoms with Crippen LogP contribution in [0.4, 0.5) is 20.6 Å². The molecule has 24 heavy (non-hydrogen) atoms. The molecule has 2 rings (SSSR count). The molecule has 0 saturated carbocycles. The minimum absolute atomic E-state index is 0.167. The van der Waals surface area contributed by atoms with Crippen molar-refractivity contribution in [2.24, 2.45) is 0 Å². The summed E-state index contributed by atoms with van der Waals surface area (Å²) in [5.74, 6) is -0.890. The van der Waals surface area contributed by atoms with Gasteiger partial charge in [0.05, 0.1) is 4.92 Å². The Morgan fingerprint density at radius 3 is 2.75 bits per heavy atom. The van der Waals surface area contributed by atoms with Crippen molar-refractivity contribution in [1.29, 1.82) is 0 Å². The van der Waals surface area contributed by atoms with Crippen molar-refractivity contribution >= 4 is 17.5 Å². The van der Waals surface area contributed by atoms with Crippen molar-refractivity contribution < 1.29 is 18.8 Å². The third-order valence-corrected chi connectivity index (χ3v) is 3.64. The Morgan fingerprint density at radius 1 is 1.42 bits per heavy atom. The van der Waals surface area contributed by atoms with E-state index >= 15 is 0 Å². The van der Waals surface area contributed by atoms with Gasteiger partial charge in [-0.2, -0.15) is 4.39 Å². The molecule has 8 heteroatoms. The van der Waals surface area contributed by atoms with E-state index in [2.05, 4.69) is 5.32 Å². The number of carbonyl (C=O) groups excluding carboxylic acids is 1. The van der Waals surface area contributed by atoms with E-state index < -0.39 is 34.3 Å². The highest BCUT2D eigenvalue weighted by Crippen LogP contribution is 2.34. The fourth-order valence-electron chi connectivity index (χ4n) is 2.73. The number of amides is 1. The maximum Gasteiger partial charge on any atom is 0.409 e. The molecular weight excluding hydrogens is 317 g/mol. The zero-order chi connectivity index (χ0) is 17.9. The molecule has 1 aliphatic heterocycles. The van der Waals surface area contributed by atoms with Gasteiger partial charge in [0.15, 0.2) is 0 Å². The summed E-state index contributed by atoms with van der Waals surface area (Å²) in [5.41, 5.74) is -1.05. The molecule has 132 valence electrons. The first-order valence-corrected chi connectivity index (χ1v) is 7.88. The van der Waals surface area contributed by atoms with Crippen LogP contribution in [0.3, 0.4) is 0 Å². The monoisotopic (exact) mass is 339 g/mol. The normalized spacial score (nSPS) is 18.2. The lowest BCUT2D eigenvalue weighted by Gasteiger charge is -2.37. The van der Waals surface area contributed by atoms with Crippen LogP contribution in [0.25, 0.3) is 0 Å². The molecule has 1 fully saturated rings. The minimum atomic E-state index is -0.890. The van der Waals surface area contributed by atoms with E-state index in [-0.39, 0.29) is 5.69 Å². The summed E-state index contributed by atoms with van der Waals surface area (Å²) in [7, 11) is 0. The van der Waals surface area contributed by atoms with Crippen molar-refractivity contribution in [3.8, 4) is 0 Å². The number of rotatable bonds is 3. The molecule has 0 aromatic heterocycles. The first-order valence-electron chi connectivity index (χ1n) is 7.88. The molecule has 1 heterocycles. The van der Waals surface area contributed by atoms with Crippen molar-refractivity contribution in [3.63, 3.8) is 0 Å². The van der Waals surface area contributed by atoms with E-state index in [1.54, 1.807) is 25.7 Å². The molecule has 0 radical (unpaired) electrons. The molecule has 1 N–H and O–H groups in total. The van der Waals surface area contributed by atoms with Gasteiger partial charge in [0.1, 0.15) is 17.5 Å². The van der Waals surface area contributed by atoms with E-state index in [1.165, 1.54) is 12.1 Å². The highest BCUT2D eigenvalue weighted by molar-refractivity contribution is 5.70. The van der Waals surface area contributed by atoms with Gasteiger partial charge in [0.2, 0.25) is 5.82 Å². The summed E-state index contributed by atoms with van der Waals surface area (Å²) in [6.07, 6.45) is 1.19. The van der Waals surface area contributed by atoms with Gasteiger partial charge in [-0.3, -0.25) is 10.1 Å². The summed E-state index contributed by atoms with van der Waals surface area (Å²) in [6.45, 7) is 5.75. The molecule has 0 bridgehead atoms. The van der Waals surface area contributed by atoms with Gasteiger partial charge in [0, 0.05) is 6.54 Å². The topological polar surface area (TPSA) is 84.7 Å².